The van der Waals surface area contributed by atoms with Crippen molar-refractivity contribution in [3.63, 3.8) is 0 Å². The van der Waals surface area contributed by atoms with Gasteiger partial charge in [0.25, 0.3) is 5.56 Å². The predicted octanol–water partition coefficient (Wildman–Crippen LogP) is 4.28. The smallest absolute Gasteiger partial charge is 0.321 e. The SMILES string of the molecule is O=C1NCCN1c1ccc(-c2nc3ccc(Cl)cc3c(=O)n2-c2ccc(Cl)cn2)cc1. The minimum Gasteiger partial charge on any atom is -0.336 e. The van der Waals surface area contributed by atoms with Gasteiger partial charge in [-0.3, -0.25) is 9.69 Å². The Morgan fingerprint density at radius 3 is 2.39 bits per heavy atom. The van der Waals surface area contributed by atoms with E-state index in [1.165, 1.54) is 10.8 Å². The summed E-state index contributed by atoms with van der Waals surface area (Å²) in [6, 6.07) is 15.5. The van der Waals surface area contributed by atoms with Crippen LogP contribution in [-0.4, -0.2) is 33.7 Å². The van der Waals surface area contributed by atoms with Crippen LogP contribution < -0.4 is 15.8 Å². The summed E-state index contributed by atoms with van der Waals surface area (Å²) >= 11 is 12.1. The molecule has 9 heteroatoms. The molecule has 31 heavy (non-hydrogen) atoms. The zero-order chi connectivity index (χ0) is 21.5. The lowest BCUT2D eigenvalue weighted by Crippen LogP contribution is -2.27. The number of pyridine rings is 1. The van der Waals surface area contributed by atoms with Gasteiger partial charge in [-0.05, 0) is 54.6 Å². The van der Waals surface area contributed by atoms with Crippen molar-refractivity contribution in [1.29, 1.82) is 0 Å². The largest absolute Gasteiger partial charge is 0.336 e. The number of anilines is 1. The van der Waals surface area contributed by atoms with Crippen LogP contribution in [-0.2, 0) is 0 Å². The fourth-order valence-electron chi connectivity index (χ4n) is 3.57. The standard InChI is InChI=1S/C22H15Cl2N5O2/c23-14-3-7-18-17(11-14)21(30)29(19-8-4-15(24)12-26-19)20(27-18)13-1-5-16(6-2-13)28-10-9-25-22(28)31/h1-8,11-12H,9-10H2,(H,25,31). The number of carbonyl (C=O) groups is 1. The number of hydrogen-bond acceptors (Lipinski definition) is 4. The third-order valence-electron chi connectivity index (χ3n) is 5.07. The highest BCUT2D eigenvalue weighted by Gasteiger charge is 2.21. The summed E-state index contributed by atoms with van der Waals surface area (Å²) in [4.78, 5) is 36.1. The van der Waals surface area contributed by atoms with E-state index in [0.717, 1.165) is 5.69 Å². The van der Waals surface area contributed by atoms with Crippen LogP contribution in [0.2, 0.25) is 10.0 Å². The van der Waals surface area contributed by atoms with Crippen LogP contribution in [0, 0.1) is 0 Å². The first-order chi connectivity index (χ1) is 15.0. The van der Waals surface area contributed by atoms with E-state index >= 15 is 0 Å². The summed E-state index contributed by atoms with van der Waals surface area (Å²) in [6.45, 7) is 1.21. The molecule has 0 bridgehead atoms. The van der Waals surface area contributed by atoms with Gasteiger partial charge in [0, 0.05) is 35.6 Å². The maximum Gasteiger partial charge on any atom is 0.321 e. The molecule has 0 spiro atoms. The van der Waals surface area contributed by atoms with Crippen molar-refractivity contribution >= 4 is 45.8 Å². The number of benzene rings is 2. The van der Waals surface area contributed by atoms with Gasteiger partial charge in [0.15, 0.2) is 0 Å². The zero-order valence-electron chi connectivity index (χ0n) is 16.0. The van der Waals surface area contributed by atoms with Crippen LogP contribution in [0.3, 0.4) is 0 Å². The fraction of sp³-hybridized carbons (Fsp3) is 0.0909. The maximum atomic E-state index is 13.4. The molecule has 1 saturated heterocycles. The second-order valence-electron chi connectivity index (χ2n) is 7.00. The van der Waals surface area contributed by atoms with Crippen LogP contribution in [0.25, 0.3) is 28.1 Å². The van der Waals surface area contributed by atoms with Gasteiger partial charge in [0.05, 0.1) is 15.9 Å². The number of fused-ring (bicyclic) bond motifs is 1. The Kier molecular flexibility index (Phi) is 4.84. The maximum absolute atomic E-state index is 13.4. The number of rotatable bonds is 3. The summed E-state index contributed by atoms with van der Waals surface area (Å²) < 4.78 is 1.44. The molecule has 0 aliphatic carbocycles. The molecule has 0 atom stereocenters. The molecule has 3 heterocycles. The quantitative estimate of drug-likeness (QED) is 0.503. The highest BCUT2D eigenvalue weighted by molar-refractivity contribution is 6.31. The number of halogens is 2. The van der Waals surface area contributed by atoms with Crippen LogP contribution in [0.4, 0.5) is 10.5 Å². The van der Waals surface area contributed by atoms with Crippen LogP contribution in [0.1, 0.15) is 0 Å². The van der Waals surface area contributed by atoms with Crippen molar-refractivity contribution in [2.24, 2.45) is 0 Å². The topological polar surface area (TPSA) is 80.1 Å². The fourth-order valence-corrected chi connectivity index (χ4v) is 3.86. The lowest BCUT2D eigenvalue weighted by Gasteiger charge is -2.16. The Hall–Kier alpha value is -3.42. The number of hydrogen-bond donors (Lipinski definition) is 1. The van der Waals surface area contributed by atoms with E-state index < -0.39 is 0 Å². The summed E-state index contributed by atoms with van der Waals surface area (Å²) in [7, 11) is 0. The van der Waals surface area contributed by atoms with Gasteiger partial charge in [0.2, 0.25) is 0 Å². The number of urea groups is 1. The molecule has 4 aromatic rings. The van der Waals surface area contributed by atoms with Crippen molar-refractivity contribution in [3.05, 3.63) is 81.2 Å². The van der Waals surface area contributed by atoms with Crippen molar-refractivity contribution in [2.45, 2.75) is 0 Å². The van der Waals surface area contributed by atoms with Crippen LogP contribution >= 0.6 is 23.2 Å². The van der Waals surface area contributed by atoms with Gasteiger partial charge in [-0.25, -0.2) is 19.3 Å². The molecule has 2 amide bonds. The molecular formula is C22H15Cl2N5O2. The number of aromatic nitrogens is 3. The zero-order valence-corrected chi connectivity index (χ0v) is 17.6. The first-order valence-corrected chi connectivity index (χ1v) is 10.3. The summed E-state index contributed by atoms with van der Waals surface area (Å²) in [5, 5.41) is 4.08. The third-order valence-corrected chi connectivity index (χ3v) is 5.52. The van der Waals surface area contributed by atoms with Crippen molar-refractivity contribution < 1.29 is 4.79 Å². The monoisotopic (exact) mass is 451 g/mol. The van der Waals surface area contributed by atoms with E-state index in [4.69, 9.17) is 28.2 Å². The lowest BCUT2D eigenvalue weighted by atomic mass is 10.1. The van der Waals surface area contributed by atoms with E-state index in [9.17, 15) is 9.59 Å². The number of nitrogens with one attached hydrogen (secondary N) is 1. The minimum atomic E-state index is -0.291. The molecule has 7 nitrogen and oxygen atoms in total. The van der Waals surface area contributed by atoms with Crippen molar-refractivity contribution in [1.82, 2.24) is 19.9 Å². The second kappa shape index (κ2) is 7.68. The molecule has 1 fully saturated rings. The Bertz CT molecular complexity index is 1370. The number of carbonyl (C=O) groups excluding carboxylic acids is 1. The Labute approximate surface area is 186 Å². The highest BCUT2D eigenvalue weighted by Crippen LogP contribution is 2.26. The molecule has 1 N–H and O–H groups in total. The van der Waals surface area contributed by atoms with Gasteiger partial charge >= 0.3 is 6.03 Å². The van der Waals surface area contributed by atoms with Gasteiger partial charge in [-0.15, -0.1) is 0 Å². The van der Waals surface area contributed by atoms with Gasteiger partial charge < -0.3 is 5.32 Å². The van der Waals surface area contributed by atoms with E-state index in [0.29, 0.717) is 51.2 Å². The molecule has 1 aliphatic heterocycles. The van der Waals surface area contributed by atoms with E-state index in [1.807, 2.05) is 24.3 Å². The second-order valence-corrected chi connectivity index (χ2v) is 7.88. The average molecular weight is 452 g/mol. The Morgan fingerprint density at radius 2 is 1.71 bits per heavy atom. The molecule has 154 valence electrons. The van der Waals surface area contributed by atoms with Gasteiger partial charge in [-0.2, -0.15) is 0 Å². The molecular weight excluding hydrogens is 437 g/mol. The lowest BCUT2D eigenvalue weighted by molar-refractivity contribution is 0.252. The van der Waals surface area contributed by atoms with E-state index in [2.05, 4.69) is 10.3 Å². The van der Waals surface area contributed by atoms with Gasteiger partial charge in [-0.1, -0.05) is 23.2 Å². The number of nitrogens with zero attached hydrogens (tertiary/aromatic N) is 4. The van der Waals surface area contributed by atoms with Crippen LogP contribution in [0.5, 0.6) is 0 Å². The third kappa shape index (κ3) is 3.52. The predicted molar refractivity (Wildman–Crippen MR) is 121 cm³/mol. The normalized spacial score (nSPS) is 13.6. The molecule has 2 aromatic carbocycles. The van der Waals surface area contributed by atoms with E-state index in [1.54, 1.807) is 35.2 Å². The van der Waals surface area contributed by atoms with Crippen LogP contribution in [0.15, 0.2) is 65.6 Å². The Balaban J connectivity index is 1.71. The first kappa shape index (κ1) is 19.5. The van der Waals surface area contributed by atoms with E-state index in [-0.39, 0.29) is 11.6 Å². The molecule has 5 rings (SSSR count). The first-order valence-electron chi connectivity index (χ1n) is 9.51. The average Bonchev–Trinajstić information content (AvgIpc) is 3.21. The number of amides is 2. The van der Waals surface area contributed by atoms with Gasteiger partial charge in [0.1, 0.15) is 11.6 Å². The Morgan fingerprint density at radius 1 is 0.935 bits per heavy atom. The summed E-state index contributed by atoms with van der Waals surface area (Å²) in [6.07, 6.45) is 1.48. The summed E-state index contributed by atoms with van der Waals surface area (Å²) in [5.41, 5.74) is 1.71. The molecule has 0 radical (unpaired) electrons. The highest BCUT2D eigenvalue weighted by atomic mass is 35.5. The van der Waals surface area contributed by atoms with Crippen molar-refractivity contribution in [3.8, 4) is 17.2 Å². The molecule has 0 unspecified atom stereocenters. The van der Waals surface area contributed by atoms with Crippen molar-refractivity contribution in [2.75, 3.05) is 18.0 Å². The summed E-state index contributed by atoms with van der Waals surface area (Å²) in [5.74, 6) is 0.814. The molecule has 1 aliphatic rings. The molecule has 2 aromatic heterocycles. The minimum absolute atomic E-state index is 0.129. The molecule has 0 saturated carbocycles.